The first-order chi connectivity index (χ1) is 10.1. The molecule has 4 N–H and O–H groups in total. The van der Waals surface area contributed by atoms with E-state index < -0.39 is 0 Å². The molecule has 110 valence electrons. The van der Waals surface area contributed by atoms with Gasteiger partial charge in [0.25, 0.3) is 0 Å². The fourth-order valence-corrected chi connectivity index (χ4v) is 2.14. The quantitative estimate of drug-likeness (QED) is 0.340. The minimum absolute atomic E-state index is 0.128. The van der Waals surface area contributed by atoms with E-state index >= 15 is 0 Å². The Bertz CT molecular complexity index is 625. The van der Waals surface area contributed by atoms with Crippen LogP contribution in [0.2, 0.25) is 0 Å². The summed E-state index contributed by atoms with van der Waals surface area (Å²) in [5.74, 6) is 0.128. The van der Waals surface area contributed by atoms with Crippen LogP contribution in [0.5, 0.6) is 0 Å². The second kappa shape index (κ2) is 6.85. The second-order valence-electron chi connectivity index (χ2n) is 5.01. The monoisotopic (exact) mass is 284 g/mol. The highest BCUT2D eigenvalue weighted by atomic mass is 16.4. The van der Waals surface area contributed by atoms with Crippen molar-refractivity contribution in [1.29, 1.82) is 0 Å². The van der Waals surface area contributed by atoms with Crippen molar-refractivity contribution in [3.05, 3.63) is 65.0 Å². The molecule has 0 aliphatic heterocycles. The maximum Gasteiger partial charge on any atom is 0.170 e. The zero-order valence-corrected chi connectivity index (χ0v) is 12.2. The smallest absolute Gasteiger partial charge is 0.170 e. The molecule has 0 amide bonds. The average Bonchev–Trinajstić information content (AvgIpc) is 2.53. The molecule has 5 heteroatoms. The highest BCUT2D eigenvalue weighted by molar-refractivity contribution is 5.97. The molecule has 5 nitrogen and oxygen atoms in total. The van der Waals surface area contributed by atoms with Gasteiger partial charge in [-0.15, -0.1) is 0 Å². The third kappa shape index (κ3) is 3.79. The van der Waals surface area contributed by atoms with Crippen LogP contribution in [-0.2, 0) is 6.54 Å². The molecule has 0 aliphatic rings. The van der Waals surface area contributed by atoms with Gasteiger partial charge in [-0.05, 0) is 48.7 Å². The average molecular weight is 284 g/mol. The summed E-state index contributed by atoms with van der Waals surface area (Å²) >= 11 is 0. The van der Waals surface area contributed by atoms with Gasteiger partial charge in [0.1, 0.15) is 0 Å². The normalized spacial score (nSPS) is 13.1. The van der Waals surface area contributed by atoms with Gasteiger partial charge < -0.3 is 16.3 Å². The summed E-state index contributed by atoms with van der Waals surface area (Å²) in [5.41, 5.74) is 9.81. The SMILES string of the molecule is Cc1cc(/C(N)=N/O)ccc1CNC(C)c1ccncc1. The highest BCUT2D eigenvalue weighted by Gasteiger charge is 2.07. The van der Waals surface area contributed by atoms with E-state index in [-0.39, 0.29) is 11.9 Å². The topological polar surface area (TPSA) is 83.5 Å². The predicted octanol–water partition coefficient (Wildman–Crippen LogP) is 2.34. The molecular weight excluding hydrogens is 264 g/mol. The summed E-state index contributed by atoms with van der Waals surface area (Å²) in [6, 6.07) is 10.0. The van der Waals surface area contributed by atoms with Gasteiger partial charge in [-0.3, -0.25) is 4.98 Å². The molecule has 0 radical (unpaired) electrons. The highest BCUT2D eigenvalue weighted by Crippen LogP contribution is 2.15. The van der Waals surface area contributed by atoms with Crippen LogP contribution in [0, 0.1) is 6.92 Å². The molecule has 0 saturated heterocycles. The largest absolute Gasteiger partial charge is 0.409 e. The Balaban J connectivity index is 2.04. The van der Waals surface area contributed by atoms with E-state index in [9.17, 15) is 0 Å². The molecule has 1 atom stereocenters. The fraction of sp³-hybridized carbons (Fsp3) is 0.250. The number of hydrogen-bond donors (Lipinski definition) is 3. The molecule has 21 heavy (non-hydrogen) atoms. The van der Waals surface area contributed by atoms with Crippen LogP contribution in [0.4, 0.5) is 0 Å². The number of amidine groups is 1. The zero-order valence-electron chi connectivity index (χ0n) is 12.2. The summed E-state index contributed by atoms with van der Waals surface area (Å²) in [6.45, 7) is 4.89. The van der Waals surface area contributed by atoms with E-state index in [0.717, 1.165) is 17.7 Å². The Kier molecular flexibility index (Phi) is 4.90. The lowest BCUT2D eigenvalue weighted by molar-refractivity contribution is 0.318. The predicted molar refractivity (Wildman–Crippen MR) is 83.2 cm³/mol. The van der Waals surface area contributed by atoms with Gasteiger partial charge >= 0.3 is 0 Å². The Hall–Kier alpha value is -2.40. The number of nitrogens with zero attached hydrogens (tertiary/aromatic N) is 2. The molecule has 2 aromatic rings. The Labute approximate surface area is 124 Å². The van der Waals surface area contributed by atoms with Gasteiger partial charge in [-0.1, -0.05) is 17.3 Å². The molecule has 0 bridgehead atoms. The molecule has 0 spiro atoms. The Morgan fingerprint density at radius 1 is 1.33 bits per heavy atom. The number of pyridine rings is 1. The molecule has 1 heterocycles. The zero-order chi connectivity index (χ0) is 15.2. The molecule has 1 aromatic heterocycles. The van der Waals surface area contributed by atoms with Crippen LogP contribution in [0.3, 0.4) is 0 Å². The number of benzene rings is 1. The summed E-state index contributed by atoms with van der Waals surface area (Å²) < 4.78 is 0. The number of rotatable bonds is 5. The van der Waals surface area contributed by atoms with Crippen LogP contribution in [0.25, 0.3) is 0 Å². The van der Waals surface area contributed by atoms with Crippen LogP contribution < -0.4 is 11.1 Å². The molecule has 2 rings (SSSR count). The van der Waals surface area contributed by atoms with E-state index in [4.69, 9.17) is 10.9 Å². The first kappa shape index (κ1) is 15.0. The van der Waals surface area contributed by atoms with Crippen LogP contribution in [0.1, 0.15) is 35.2 Å². The maximum absolute atomic E-state index is 8.70. The molecular formula is C16H20N4O. The van der Waals surface area contributed by atoms with Gasteiger partial charge in [0.05, 0.1) is 0 Å². The first-order valence-electron chi connectivity index (χ1n) is 6.82. The van der Waals surface area contributed by atoms with Crippen LogP contribution in [-0.4, -0.2) is 16.0 Å². The summed E-state index contributed by atoms with van der Waals surface area (Å²) in [6.07, 6.45) is 3.59. The number of nitrogens with two attached hydrogens (primary N) is 1. The van der Waals surface area contributed by atoms with Crippen molar-refractivity contribution in [3.63, 3.8) is 0 Å². The number of aromatic nitrogens is 1. The van der Waals surface area contributed by atoms with Crippen LogP contribution >= 0.6 is 0 Å². The molecule has 0 fully saturated rings. The summed E-state index contributed by atoms with van der Waals surface area (Å²) in [7, 11) is 0. The second-order valence-corrected chi connectivity index (χ2v) is 5.01. The van der Waals surface area contributed by atoms with Crippen molar-refractivity contribution >= 4 is 5.84 Å². The van der Waals surface area contributed by atoms with Crippen molar-refractivity contribution < 1.29 is 5.21 Å². The first-order valence-corrected chi connectivity index (χ1v) is 6.82. The van der Waals surface area contributed by atoms with Gasteiger partial charge in [-0.2, -0.15) is 0 Å². The van der Waals surface area contributed by atoms with Gasteiger partial charge in [0.15, 0.2) is 5.84 Å². The standard InChI is InChI=1S/C16H20N4O/c1-11-9-14(16(17)20-21)3-4-15(11)10-19-12(2)13-5-7-18-8-6-13/h3-9,12,19,21H,10H2,1-2H3,(H2,17,20). The van der Waals surface area contributed by atoms with Crippen molar-refractivity contribution in [2.24, 2.45) is 10.9 Å². The molecule has 0 saturated carbocycles. The molecule has 0 aliphatic carbocycles. The third-order valence-electron chi connectivity index (χ3n) is 3.55. The van der Waals surface area contributed by atoms with Crippen molar-refractivity contribution in [2.75, 3.05) is 0 Å². The lowest BCUT2D eigenvalue weighted by Gasteiger charge is -2.15. The van der Waals surface area contributed by atoms with E-state index in [2.05, 4.69) is 22.4 Å². The molecule has 1 unspecified atom stereocenters. The van der Waals surface area contributed by atoms with Gasteiger partial charge in [0.2, 0.25) is 0 Å². The number of aryl methyl sites for hydroxylation is 1. The van der Waals surface area contributed by atoms with E-state index in [0.29, 0.717) is 0 Å². The Morgan fingerprint density at radius 2 is 2.05 bits per heavy atom. The third-order valence-corrected chi connectivity index (χ3v) is 3.55. The number of hydrogen-bond acceptors (Lipinski definition) is 4. The lowest BCUT2D eigenvalue weighted by atomic mass is 10.0. The summed E-state index contributed by atoms with van der Waals surface area (Å²) in [4.78, 5) is 4.02. The minimum Gasteiger partial charge on any atom is -0.409 e. The molecule has 1 aromatic carbocycles. The fourth-order valence-electron chi connectivity index (χ4n) is 2.14. The summed E-state index contributed by atoms with van der Waals surface area (Å²) in [5, 5.41) is 15.2. The van der Waals surface area contributed by atoms with Gasteiger partial charge in [0, 0.05) is 30.5 Å². The van der Waals surface area contributed by atoms with E-state index in [1.165, 1.54) is 11.1 Å². The Morgan fingerprint density at radius 3 is 2.67 bits per heavy atom. The van der Waals surface area contributed by atoms with E-state index in [1.54, 1.807) is 12.4 Å². The van der Waals surface area contributed by atoms with Crippen molar-refractivity contribution in [3.8, 4) is 0 Å². The van der Waals surface area contributed by atoms with Crippen LogP contribution in [0.15, 0.2) is 47.9 Å². The van der Waals surface area contributed by atoms with Gasteiger partial charge in [-0.25, -0.2) is 0 Å². The lowest BCUT2D eigenvalue weighted by Crippen LogP contribution is -2.19. The minimum atomic E-state index is 0.128. The van der Waals surface area contributed by atoms with E-state index in [1.807, 2.05) is 37.3 Å². The number of nitrogens with one attached hydrogen (secondary N) is 1. The maximum atomic E-state index is 8.70. The number of oxime groups is 1. The van der Waals surface area contributed by atoms with Crippen molar-refractivity contribution in [1.82, 2.24) is 10.3 Å². The van der Waals surface area contributed by atoms with Crippen molar-refractivity contribution in [2.45, 2.75) is 26.4 Å².